The number of hydrogen-bond acceptors (Lipinski definition) is 3. The number of nitrogens with zero attached hydrogens (tertiary/aromatic N) is 2. The molecule has 128 valence electrons. The lowest BCUT2D eigenvalue weighted by atomic mass is 10.0. The molecule has 2 aromatic carbocycles. The lowest BCUT2D eigenvalue weighted by Crippen LogP contribution is -2.32. The topological polar surface area (TPSA) is 6.48 Å². The summed E-state index contributed by atoms with van der Waals surface area (Å²) in [4.78, 5) is 5.17. The van der Waals surface area contributed by atoms with Crippen molar-refractivity contribution >= 4 is 28.2 Å². The van der Waals surface area contributed by atoms with Crippen LogP contribution in [0.1, 0.15) is 25.3 Å². The maximum absolute atomic E-state index is 2.64. The Hall–Kier alpha value is -1.19. The Bertz CT molecular complexity index is 693. The standard InChI is InChI=1S/C21H28N2S/c1-17-3-2-9-22(17)10-8-18-4-5-20-16-21(7-6-19(20)15-18)23-11-13-24-14-12-23/h4-7,15-17H,2-3,8-14H2,1H3/t17-/m0/s1. The number of likely N-dealkylation sites (tertiary alicyclic amines) is 1. The van der Waals surface area contributed by atoms with Crippen LogP contribution in [0.15, 0.2) is 36.4 Å². The number of anilines is 1. The summed E-state index contributed by atoms with van der Waals surface area (Å²) in [7, 11) is 0. The molecule has 4 rings (SSSR count). The van der Waals surface area contributed by atoms with Crippen LogP contribution < -0.4 is 4.90 Å². The van der Waals surface area contributed by atoms with Crippen molar-refractivity contribution in [1.82, 2.24) is 4.90 Å². The Morgan fingerprint density at radius 1 is 1.00 bits per heavy atom. The fraction of sp³-hybridized carbons (Fsp3) is 0.524. The molecule has 0 N–H and O–H groups in total. The molecule has 24 heavy (non-hydrogen) atoms. The molecule has 1 atom stereocenters. The highest BCUT2D eigenvalue weighted by molar-refractivity contribution is 7.99. The molecule has 0 unspecified atom stereocenters. The van der Waals surface area contributed by atoms with E-state index in [1.54, 1.807) is 0 Å². The zero-order valence-corrected chi connectivity index (χ0v) is 15.5. The summed E-state index contributed by atoms with van der Waals surface area (Å²) >= 11 is 2.07. The highest BCUT2D eigenvalue weighted by Gasteiger charge is 2.19. The molecule has 0 aromatic heterocycles. The van der Waals surface area contributed by atoms with E-state index in [0.717, 1.165) is 6.04 Å². The van der Waals surface area contributed by atoms with E-state index in [1.165, 1.54) is 79.0 Å². The van der Waals surface area contributed by atoms with Gasteiger partial charge in [-0.05, 0) is 61.2 Å². The molecule has 2 fully saturated rings. The highest BCUT2D eigenvalue weighted by Crippen LogP contribution is 2.26. The average Bonchev–Trinajstić information content (AvgIpc) is 3.05. The fourth-order valence-corrected chi connectivity index (χ4v) is 4.96. The second-order valence-corrected chi connectivity index (χ2v) is 8.47. The van der Waals surface area contributed by atoms with Crippen LogP contribution in [0.2, 0.25) is 0 Å². The maximum atomic E-state index is 2.64. The second-order valence-electron chi connectivity index (χ2n) is 7.24. The molecule has 0 amide bonds. The Kier molecular flexibility index (Phi) is 5.00. The lowest BCUT2D eigenvalue weighted by Gasteiger charge is -2.28. The Labute approximate surface area is 150 Å². The van der Waals surface area contributed by atoms with Gasteiger partial charge in [-0.2, -0.15) is 11.8 Å². The summed E-state index contributed by atoms with van der Waals surface area (Å²) < 4.78 is 0. The van der Waals surface area contributed by atoms with Crippen molar-refractivity contribution in [2.45, 2.75) is 32.2 Å². The van der Waals surface area contributed by atoms with Gasteiger partial charge in [-0.15, -0.1) is 0 Å². The third-order valence-electron chi connectivity index (χ3n) is 5.64. The van der Waals surface area contributed by atoms with Gasteiger partial charge in [-0.3, -0.25) is 0 Å². The minimum Gasteiger partial charge on any atom is -0.370 e. The van der Waals surface area contributed by atoms with E-state index in [-0.39, 0.29) is 0 Å². The van der Waals surface area contributed by atoms with Gasteiger partial charge in [0.2, 0.25) is 0 Å². The zero-order valence-electron chi connectivity index (χ0n) is 14.7. The molecule has 2 heterocycles. The summed E-state index contributed by atoms with van der Waals surface area (Å²) in [6.07, 6.45) is 3.91. The van der Waals surface area contributed by atoms with Gasteiger partial charge in [0.05, 0.1) is 0 Å². The van der Waals surface area contributed by atoms with E-state index in [2.05, 4.69) is 64.9 Å². The number of fused-ring (bicyclic) bond motifs is 1. The summed E-state index contributed by atoms with van der Waals surface area (Å²) in [5.74, 6) is 2.51. The molecule has 2 aromatic rings. The van der Waals surface area contributed by atoms with Crippen molar-refractivity contribution in [2.24, 2.45) is 0 Å². The van der Waals surface area contributed by atoms with E-state index in [0.29, 0.717) is 0 Å². The van der Waals surface area contributed by atoms with Crippen molar-refractivity contribution in [2.75, 3.05) is 42.6 Å². The van der Waals surface area contributed by atoms with Crippen molar-refractivity contribution in [3.63, 3.8) is 0 Å². The number of benzene rings is 2. The third kappa shape index (κ3) is 3.57. The first-order chi connectivity index (χ1) is 11.8. The van der Waals surface area contributed by atoms with Crippen LogP contribution in [0.3, 0.4) is 0 Å². The van der Waals surface area contributed by atoms with E-state index < -0.39 is 0 Å². The molecule has 0 radical (unpaired) electrons. The fourth-order valence-electron chi connectivity index (χ4n) is 4.05. The summed E-state index contributed by atoms with van der Waals surface area (Å²) in [5.41, 5.74) is 2.87. The number of thioether (sulfide) groups is 1. The van der Waals surface area contributed by atoms with Crippen molar-refractivity contribution in [1.29, 1.82) is 0 Å². The largest absolute Gasteiger partial charge is 0.370 e. The van der Waals surface area contributed by atoms with E-state index in [1.807, 2.05) is 0 Å². The minimum absolute atomic E-state index is 0.774. The molecule has 0 saturated carbocycles. The smallest absolute Gasteiger partial charge is 0.0373 e. The molecule has 2 aliphatic rings. The lowest BCUT2D eigenvalue weighted by molar-refractivity contribution is 0.272. The molecule has 0 bridgehead atoms. The van der Waals surface area contributed by atoms with E-state index >= 15 is 0 Å². The molecule has 0 spiro atoms. The highest BCUT2D eigenvalue weighted by atomic mass is 32.2. The van der Waals surface area contributed by atoms with Crippen LogP contribution in [-0.4, -0.2) is 48.6 Å². The molecule has 2 aliphatic heterocycles. The van der Waals surface area contributed by atoms with Crippen LogP contribution in [0.5, 0.6) is 0 Å². The Morgan fingerprint density at radius 3 is 2.58 bits per heavy atom. The maximum Gasteiger partial charge on any atom is 0.0373 e. The number of hydrogen-bond donors (Lipinski definition) is 0. The van der Waals surface area contributed by atoms with E-state index in [9.17, 15) is 0 Å². The van der Waals surface area contributed by atoms with Crippen LogP contribution in [-0.2, 0) is 6.42 Å². The molecule has 2 saturated heterocycles. The van der Waals surface area contributed by atoms with Crippen molar-refractivity contribution in [3.8, 4) is 0 Å². The van der Waals surface area contributed by atoms with Crippen molar-refractivity contribution in [3.05, 3.63) is 42.0 Å². The van der Waals surface area contributed by atoms with Gasteiger partial charge in [0.15, 0.2) is 0 Å². The summed E-state index contributed by atoms with van der Waals surface area (Å²) in [6, 6.07) is 14.8. The molecular weight excluding hydrogens is 312 g/mol. The SMILES string of the molecule is C[C@H]1CCCN1CCc1ccc2cc(N3CCSCC3)ccc2c1. The predicted octanol–water partition coefficient (Wildman–Crippen LogP) is 4.42. The molecule has 2 nitrogen and oxygen atoms in total. The van der Waals surface area contributed by atoms with Gasteiger partial charge in [0.1, 0.15) is 0 Å². The minimum atomic E-state index is 0.774. The van der Waals surface area contributed by atoms with Gasteiger partial charge in [0.25, 0.3) is 0 Å². The Morgan fingerprint density at radius 2 is 1.79 bits per heavy atom. The molecule has 0 aliphatic carbocycles. The van der Waals surface area contributed by atoms with Crippen LogP contribution in [0, 0.1) is 0 Å². The van der Waals surface area contributed by atoms with E-state index in [4.69, 9.17) is 0 Å². The average molecular weight is 341 g/mol. The predicted molar refractivity (Wildman–Crippen MR) is 107 cm³/mol. The van der Waals surface area contributed by atoms with Gasteiger partial charge < -0.3 is 9.80 Å². The van der Waals surface area contributed by atoms with Gasteiger partial charge >= 0.3 is 0 Å². The summed E-state index contributed by atoms with van der Waals surface area (Å²) in [5, 5.41) is 2.76. The summed E-state index contributed by atoms with van der Waals surface area (Å²) in [6.45, 7) is 7.22. The van der Waals surface area contributed by atoms with Crippen molar-refractivity contribution < 1.29 is 0 Å². The van der Waals surface area contributed by atoms with Gasteiger partial charge in [0, 0.05) is 42.9 Å². The first kappa shape index (κ1) is 16.3. The Balaban J connectivity index is 1.47. The quantitative estimate of drug-likeness (QED) is 0.813. The molecular formula is C21H28N2S. The monoisotopic (exact) mass is 340 g/mol. The zero-order chi connectivity index (χ0) is 16.4. The van der Waals surface area contributed by atoms with Crippen LogP contribution >= 0.6 is 11.8 Å². The second kappa shape index (κ2) is 7.37. The van der Waals surface area contributed by atoms with Crippen LogP contribution in [0.4, 0.5) is 5.69 Å². The number of rotatable bonds is 4. The normalized spacial score (nSPS) is 22.4. The molecule has 3 heteroatoms. The first-order valence-corrected chi connectivity index (χ1v) is 10.5. The van der Waals surface area contributed by atoms with Gasteiger partial charge in [-0.1, -0.05) is 24.3 Å². The van der Waals surface area contributed by atoms with Crippen LogP contribution in [0.25, 0.3) is 10.8 Å². The first-order valence-electron chi connectivity index (χ1n) is 9.39. The van der Waals surface area contributed by atoms with Gasteiger partial charge in [-0.25, -0.2) is 0 Å². The third-order valence-corrected chi connectivity index (χ3v) is 6.59.